The third kappa shape index (κ3) is 6.14. The Bertz CT molecular complexity index is 3320. The van der Waals surface area contributed by atoms with Crippen LogP contribution in [0.25, 0.3) is 99.5 Å². The van der Waals surface area contributed by atoms with Crippen molar-refractivity contribution in [3.05, 3.63) is 217 Å². The Hall–Kier alpha value is -8.14. The van der Waals surface area contributed by atoms with Crippen LogP contribution in [0.5, 0.6) is 0 Å². The summed E-state index contributed by atoms with van der Waals surface area (Å²) in [5.41, 5.74) is 10.0. The molecule has 0 fully saturated rings. The molecule has 2 aromatic heterocycles. The summed E-state index contributed by atoms with van der Waals surface area (Å²) < 4.78 is 50.1. The van der Waals surface area contributed by atoms with Crippen molar-refractivity contribution in [3.63, 3.8) is 0 Å². The minimum absolute atomic E-state index is 0.116. The molecular formula is C56H34F3N3. The zero-order valence-electron chi connectivity index (χ0n) is 33.1. The molecule has 11 aromatic rings. The standard InChI is InChI=1S/C56H34F3N3/c57-56(58,59)44-33-54(61-50-27-23-40(36-13-5-1-6-14-36)29-47(50)45-25-21-42(31-52(45)61)38-17-9-3-10-18-38)49(35-60)55(34-44)62-51-28-24-41(37-15-7-2-8-16-37)30-48(51)46-26-22-43(32-53(46)62)39-19-11-4-12-20-39/h1-34H. The first-order valence-electron chi connectivity index (χ1n) is 20.4. The Morgan fingerprint density at radius 3 is 1.02 bits per heavy atom. The minimum atomic E-state index is -4.74. The van der Waals surface area contributed by atoms with Gasteiger partial charge in [-0.05, 0) is 93.0 Å². The molecule has 0 unspecified atom stereocenters. The molecule has 2 heterocycles. The smallest absolute Gasteiger partial charge is 0.308 e. The highest BCUT2D eigenvalue weighted by Gasteiger charge is 2.34. The molecule has 0 saturated heterocycles. The summed E-state index contributed by atoms with van der Waals surface area (Å²) in [7, 11) is 0. The van der Waals surface area contributed by atoms with Crippen LogP contribution in [0.2, 0.25) is 0 Å². The van der Waals surface area contributed by atoms with E-state index in [2.05, 4.69) is 18.2 Å². The topological polar surface area (TPSA) is 33.6 Å². The van der Waals surface area contributed by atoms with Gasteiger partial charge in [0.15, 0.2) is 0 Å². The highest BCUT2D eigenvalue weighted by atomic mass is 19.4. The summed E-state index contributed by atoms with van der Waals surface area (Å²) in [6.45, 7) is 0. The monoisotopic (exact) mass is 805 g/mol. The number of nitriles is 1. The molecule has 0 aliphatic rings. The van der Waals surface area contributed by atoms with Crippen molar-refractivity contribution in [2.24, 2.45) is 0 Å². The fourth-order valence-corrected chi connectivity index (χ4v) is 9.04. The highest BCUT2D eigenvalue weighted by molar-refractivity contribution is 6.13. The number of alkyl halides is 3. The van der Waals surface area contributed by atoms with E-state index < -0.39 is 11.7 Å². The number of halogens is 3. The summed E-state index contributed by atoms with van der Waals surface area (Å²) in [6, 6.07) is 68.9. The van der Waals surface area contributed by atoms with E-state index in [0.29, 0.717) is 22.1 Å². The number of nitrogens with zero attached hydrogens (tertiary/aromatic N) is 3. The van der Waals surface area contributed by atoms with Gasteiger partial charge in [-0.2, -0.15) is 18.4 Å². The maximum Gasteiger partial charge on any atom is 0.416 e. The van der Waals surface area contributed by atoms with Crippen molar-refractivity contribution in [3.8, 4) is 62.0 Å². The van der Waals surface area contributed by atoms with Crippen molar-refractivity contribution >= 4 is 43.6 Å². The van der Waals surface area contributed by atoms with Gasteiger partial charge in [0, 0.05) is 21.5 Å². The van der Waals surface area contributed by atoms with Crippen LogP contribution in [0.15, 0.2) is 206 Å². The predicted octanol–water partition coefficient (Wildman–Crippen LogP) is 15.4. The maximum absolute atomic E-state index is 15.5. The van der Waals surface area contributed by atoms with E-state index in [9.17, 15) is 5.26 Å². The summed E-state index contributed by atoms with van der Waals surface area (Å²) in [5.74, 6) is 0. The van der Waals surface area contributed by atoms with E-state index in [1.54, 1.807) is 0 Å². The van der Waals surface area contributed by atoms with Crippen LogP contribution < -0.4 is 0 Å². The normalized spacial score (nSPS) is 11.8. The van der Waals surface area contributed by atoms with Gasteiger partial charge >= 0.3 is 6.18 Å². The van der Waals surface area contributed by atoms with Gasteiger partial charge in [-0.3, -0.25) is 0 Å². The number of hydrogen-bond donors (Lipinski definition) is 0. The molecule has 62 heavy (non-hydrogen) atoms. The summed E-state index contributed by atoms with van der Waals surface area (Å²) in [6.07, 6.45) is -4.74. The van der Waals surface area contributed by atoms with E-state index in [0.717, 1.165) is 78.2 Å². The first kappa shape index (κ1) is 36.9. The zero-order valence-corrected chi connectivity index (χ0v) is 33.1. The highest BCUT2D eigenvalue weighted by Crippen LogP contribution is 2.44. The number of hydrogen-bond acceptors (Lipinski definition) is 1. The second-order valence-electron chi connectivity index (χ2n) is 15.6. The van der Waals surface area contributed by atoms with E-state index in [1.165, 1.54) is 0 Å². The van der Waals surface area contributed by atoms with Crippen LogP contribution >= 0.6 is 0 Å². The van der Waals surface area contributed by atoms with Gasteiger partial charge in [0.2, 0.25) is 0 Å². The fraction of sp³-hybridized carbons (Fsp3) is 0.0179. The lowest BCUT2D eigenvalue weighted by Crippen LogP contribution is -2.11. The molecule has 294 valence electrons. The zero-order chi connectivity index (χ0) is 42.0. The lowest BCUT2D eigenvalue weighted by atomic mass is 10.0. The summed E-state index contributed by atoms with van der Waals surface area (Å²) in [5, 5.41) is 14.8. The van der Waals surface area contributed by atoms with Gasteiger partial charge in [-0.25, -0.2) is 0 Å². The van der Waals surface area contributed by atoms with E-state index >= 15 is 13.2 Å². The summed E-state index contributed by atoms with van der Waals surface area (Å²) in [4.78, 5) is 0. The molecule has 9 aromatic carbocycles. The molecule has 0 atom stereocenters. The Balaban J connectivity index is 1.25. The van der Waals surface area contributed by atoms with Crippen LogP contribution in [0.4, 0.5) is 13.2 Å². The van der Waals surface area contributed by atoms with Crippen molar-refractivity contribution < 1.29 is 13.2 Å². The van der Waals surface area contributed by atoms with Gasteiger partial charge in [-0.15, -0.1) is 0 Å². The Labute approximate surface area is 355 Å². The van der Waals surface area contributed by atoms with Gasteiger partial charge in [0.1, 0.15) is 11.6 Å². The molecule has 6 heteroatoms. The number of benzene rings is 9. The van der Waals surface area contributed by atoms with Crippen LogP contribution in [0.3, 0.4) is 0 Å². The Morgan fingerprint density at radius 1 is 0.339 bits per heavy atom. The maximum atomic E-state index is 15.5. The first-order valence-corrected chi connectivity index (χ1v) is 20.4. The van der Waals surface area contributed by atoms with Crippen LogP contribution in [-0.4, -0.2) is 9.13 Å². The molecular weight excluding hydrogens is 772 g/mol. The number of fused-ring (bicyclic) bond motifs is 6. The Kier molecular flexibility index (Phi) is 8.66. The molecule has 0 aliphatic heterocycles. The quantitative estimate of drug-likeness (QED) is 0.165. The van der Waals surface area contributed by atoms with Crippen LogP contribution in [-0.2, 0) is 6.18 Å². The van der Waals surface area contributed by atoms with Crippen molar-refractivity contribution in [2.75, 3.05) is 0 Å². The van der Waals surface area contributed by atoms with E-state index in [-0.39, 0.29) is 16.9 Å². The third-order valence-electron chi connectivity index (χ3n) is 12.0. The fourth-order valence-electron chi connectivity index (χ4n) is 9.04. The number of rotatable bonds is 6. The van der Waals surface area contributed by atoms with Crippen molar-refractivity contribution in [1.82, 2.24) is 9.13 Å². The summed E-state index contributed by atoms with van der Waals surface area (Å²) >= 11 is 0. The molecule has 11 rings (SSSR count). The van der Waals surface area contributed by atoms with Crippen molar-refractivity contribution in [1.29, 1.82) is 5.26 Å². The molecule has 3 nitrogen and oxygen atoms in total. The van der Waals surface area contributed by atoms with Crippen LogP contribution in [0, 0.1) is 11.3 Å². The minimum Gasteiger partial charge on any atom is -0.308 e. The average molecular weight is 806 g/mol. The van der Waals surface area contributed by atoms with Crippen molar-refractivity contribution in [2.45, 2.75) is 6.18 Å². The Morgan fingerprint density at radius 2 is 0.677 bits per heavy atom. The van der Waals surface area contributed by atoms with Gasteiger partial charge in [-0.1, -0.05) is 158 Å². The van der Waals surface area contributed by atoms with Crippen LogP contribution in [0.1, 0.15) is 11.1 Å². The van der Waals surface area contributed by atoms with Gasteiger partial charge in [0.25, 0.3) is 0 Å². The first-order chi connectivity index (χ1) is 30.3. The van der Waals surface area contributed by atoms with E-state index in [1.807, 2.05) is 191 Å². The largest absolute Gasteiger partial charge is 0.416 e. The number of aromatic nitrogens is 2. The van der Waals surface area contributed by atoms with E-state index in [4.69, 9.17) is 0 Å². The predicted molar refractivity (Wildman–Crippen MR) is 247 cm³/mol. The molecule has 0 amide bonds. The third-order valence-corrected chi connectivity index (χ3v) is 12.0. The molecule has 0 saturated carbocycles. The second-order valence-corrected chi connectivity index (χ2v) is 15.6. The lowest BCUT2D eigenvalue weighted by Gasteiger charge is -2.19. The lowest BCUT2D eigenvalue weighted by molar-refractivity contribution is -0.137. The average Bonchev–Trinajstić information content (AvgIpc) is 3.83. The molecule has 0 bridgehead atoms. The molecule has 0 spiro atoms. The van der Waals surface area contributed by atoms with Gasteiger partial charge in [0.05, 0.1) is 39.0 Å². The molecule has 0 aliphatic carbocycles. The molecule has 0 radical (unpaired) electrons. The van der Waals surface area contributed by atoms with Gasteiger partial charge < -0.3 is 9.13 Å². The SMILES string of the molecule is N#Cc1c(-n2c3ccc(-c4ccccc4)cc3c3ccc(-c4ccccc4)cc32)cc(C(F)(F)F)cc1-n1c2ccc(-c3ccccc3)cc2c2ccc(-c3ccccc3)cc21. The molecule has 0 N–H and O–H groups in total. The second kappa shape index (κ2) is 14.5.